The van der Waals surface area contributed by atoms with Crippen LogP contribution in [0.4, 0.5) is 0 Å². The van der Waals surface area contributed by atoms with E-state index < -0.39 is 0 Å². The van der Waals surface area contributed by atoms with Gasteiger partial charge in [-0.2, -0.15) is 0 Å². The van der Waals surface area contributed by atoms with Crippen molar-refractivity contribution in [1.82, 2.24) is 5.32 Å². The molecule has 0 aromatic heterocycles. The molecule has 0 saturated heterocycles. The van der Waals surface area contributed by atoms with Gasteiger partial charge in [-0.05, 0) is 36.7 Å². The number of methoxy groups -OCH3 is 1. The molecule has 1 rings (SSSR count). The Morgan fingerprint density at radius 3 is 2.76 bits per heavy atom. The first kappa shape index (κ1) is 18.4. The third kappa shape index (κ3) is 8.41. The first-order valence-corrected chi connectivity index (χ1v) is 8.25. The summed E-state index contributed by atoms with van der Waals surface area (Å²) in [5, 5.41) is 3.40. The van der Waals surface area contributed by atoms with Gasteiger partial charge < -0.3 is 19.5 Å². The van der Waals surface area contributed by atoms with Crippen molar-refractivity contribution in [3.8, 4) is 5.75 Å². The number of ether oxygens (including phenoxy) is 3. The molecular weight excluding hydrogens is 334 g/mol. The highest BCUT2D eigenvalue weighted by Crippen LogP contribution is 2.22. The van der Waals surface area contributed by atoms with Crippen molar-refractivity contribution in [2.24, 2.45) is 0 Å². The zero-order chi connectivity index (χ0) is 15.3. The molecule has 0 fully saturated rings. The van der Waals surface area contributed by atoms with Gasteiger partial charge in [-0.25, -0.2) is 0 Å². The maximum absolute atomic E-state index is 5.75. The van der Waals surface area contributed by atoms with Crippen LogP contribution in [-0.4, -0.2) is 40.1 Å². The molecular formula is C16H26BrNO3. The summed E-state index contributed by atoms with van der Waals surface area (Å²) in [6, 6.07) is 6.10. The number of hydrogen-bond acceptors (Lipinski definition) is 4. The Morgan fingerprint density at radius 1 is 1.14 bits per heavy atom. The van der Waals surface area contributed by atoms with E-state index in [-0.39, 0.29) is 0 Å². The maximum atomic E-state index is 5.75. The average molecular weight is 360 g/mol. The van der Waals surface area contributed by atoms with Crippen LogP contribution in [0.2, 0.25) is 0 Å². The summed E-state index contributed by atoms with van der Waals surface area (Å²) in [6.45, 7) is 6.68. The highest BCUT2D eigenvalue weighted by atomic mass is 79.9. The van der Waals surface area contributed by atoms with Crippen LogP contribution in [0.1, 0.15) is 25.3 Å². The molecule has 0 amide bonds. The molecule has 0 bridgehead atoms. The van der Waals surface area contributed by atoms with Crippen LogP contribution in [0.3, 0.4) is 0 Å². The predicted molar refractivity (Wildman–Crippen MR) is 88.9 cm³/mol. The zero-order valence-electron chi connectivity index (χ0n) is 13.0. The van der Waals surface area contributed by atoms with E-state index in [0.29, 0.717) is 26.4 Å². The second-order valence-corrected chi connectivity index (χ2v) is 5.59. The zero-order valence-corrected chi connectivity index (χ0v) is 14.6. The lowest BCUT2D eigenvalue weighted by Gasteiger charge is -2.10. The third-order valence-corrected chi connectivity index (χ3v) is 3.67. The fourth-order valence-corrected chi connectivity index (χ4v) is 2.16. The van der Waals surface area contributed by atoms with Crippen molar-refractivity contribution in [3.63, 3.8) is 0 Å². The summed E-state index contributed by atoms with van der Waals surface area (Å²) >= 11 is 3.57. The van der Waals surface area contributed by atoms with Gasteiger partial charge >= 0.3 is 0 Å². The molecule has 1 aromatic rings. The van der Waals surface area contributed by atoms with Crippen LogP contribution in [0.5, 0.6) is 5.75 Å². The largest absolute Gasteiger partial charge is 0.493 e. The lowest BCUT2D eigenvalue weighted by molar-refractivity contribution is 0.0644. The summed E-state index contributed by atoms with van der Waals surface area (Å²) < 4.78 is 17.2. The number of benzene rings is 1. The molecule has 4 nitrogen and oxygen atoms in total. The van der Waals surface area contributed by atoms with Crippen molar-refractivity contribution in [3.05, 3.63) is 28.2 Å². The number of hydrogen-bond donors (Lipinski definition) is 1. The van der Waals surface area contributed by atoms with Crippen molar-refractivity contribution in [2.45, 2.75) is 26.3 Å². The quantitative estimate of drug-likeness (QED) is 0.580. The Hall–Kier alpha value is -0.620. The summed E-state index contributed by atoms with van der Waals surface area (Å²) in [7, 11) is 1.67. The van der Waals surface area contributed by atoms with Crippen LogP contribution in [0.25, 0.3) is 0 Å². The number of halogens is 1. The smallest absolute Gasteiger partial charge is 0.119 e. The molecule has 5 heteroatoms. The third-order valence-electron chi connectivity index (χ3n) is 2.89. The molecule has 0 spiro atoms. The number of rotatable bonds is 12. The van der Waals surface area contributed by atoms with E-state index in [1.165, 1.54) is 5.56 Å². The monoisotopic (exact) mass is 359 g/mol. The SMILES string of the molecule is CCCNCc1cc(OCCCOCCOC)ccc1Br. The summed E-state index contributed by atoms with van der Waals surface area (Å²) in [6.07, 6.45) is 2.01. The summed E-state index contributed by atoms with van der Waals surface area (Å²) in [4.78, 5) is 0. The molecule has 0 atom stereocenters. The molecule has 21 heavy (non-hydrogen) atoms. The molecule has 0 aliphatic carbocycles. The van der Waals surface area contributed by atoms with E-state index in [1.807, 2.05) is 12.1 Å². The van der Waals surface area contributed by atoms with Gasteiger partial charge in [-0.1, -0.05) is 22.9 Å². The fourth-order valence-electron chi connectivity index (χ4n) is 1.77. The Balaban J connectivity index is 2.26. The normalized spacial score (nSPS) is 10.8. The van der Waals surface area contributed by atoms with Gasteiger partial charge in [0.2, 0.25) is 0 Å². The lowest BCUT2D eigenvalue weighted by atomic mass is 10.2. The van der Waals surface area contributed by atoms with Crippen LogP contribution >= 0.6 is 15.9 Å². The fraction of sp³-hybridized carbons (Fsp3) is 0.625. The van der Waals surface area contributed by atoms with Crippen molar-refractivity contribution < 1.29 is 14.2 Å². The van der Waals surface area contributed by atoms with Crippen LogP contribution in [0, 0.1) is 0 Å². The highest BCUT2D eigenvalue weighted by Gasteiger charge is 2.02. The first-order chi connectivity index (χ1) is 10.3. The van der Waals surface area contributed by atoms with E-state index in [2.05, 4.69) is 34.2 Å². The number of nitrogens with one attached hydrogen (secondary N) is 1. The minimum absolute atomic E-state index is 0.641. The predicted octanol–water partition coefficient (Wildman–Crippen LogP) is 3.38. The van der Waals surface area contributed by atoms with Gasteiger partial charge in [0.15, 0.2) is 0 Å². The van der Waals surface area contributed by atoms with Crippen LogP contribution in [-0.2, 0) is 16.0 Å². The van der Waals surface area contributed by atoms with Gasteiger partial charge in [-0.3, -0.25) is 0 Å². The molecule has 0 aliphatic heterocycles. The Labute approximate surface area is 136 Å². The van der Waals surface area contributed by atoms with Crippen molar-refractivity contribution in [2.75, 3.05) is 40.1 Å². The van der Waals surface area contributed by atoms with Gasteiger partial charge in [0.1, 0.15) is 5.75 Å². The van der Waals surface area contributed by atoms with E-state index in [9.17, 15) is 0 Å². The Bertz CT molecular complexity index is 388. The maximum Gasteiger partial charge on any atom is 0.119 e. The minimum Gasteiger partial charge on any atom is -0.493 e. The van der Waals surface area contributed by atoms with Gasteiger partial charge in [0.25, 0.3) is 0 Å². The van der Waals surface area contributed by atoms with E-state index >= 15 is 0 Å². The van der Waals surface area contributed by atoms with Crippen molar-refractivity contribution >= 4 is 15.9 Å². The van der Waals surface area contributed by atoms with Crippen molar-refractivity contribution in [1.29, 1.82) is 0 Å². The molecule has 0 heterocycles. The standard InChI is InChI=1S/C16H26BrNO3/c1-3-7-18-13-14-12-15(5-6-16(14)17)21-9-4-8-20-11-10-19-2/h5-6,12,18H,3-4,7-11,13H2,1-2H3. The minimum atomic E-state index is 0.641. The van der Waals surface area contributed by atoms with E-state index in [0.717, 1.165) is 36.2 Å². The van der Waals surface area contributed by atoms with Gasteiger partial charge in [-0.15, -0.1) is 0 Å². The average Bonchev–Trinajstić information content (AvgIpc) is 2.49. The van der Waals surface area contributed by atoms with Gasteiger partial charge in [0.05, 0.1) is 19.8 Å². The van der Waals surface area contributed by atoms with E-state index in [1.54, 1.807) is 7.11 Å². The second-order valence-electron chi connectivity index (χ2n) is 4.74. The van der Waals surface area contributed by atoms with Crippen LogP contribution < -0.4 is 10.1 Å². The summed E-state index contributed by atoms with van der Waals surface area (Å²) in [5.74, 6) is 0.906. The van der Waals surface area contributed by atoms with E-state index in [4.69, 9.17) is 14.2 Å². The summed E-state index contributed by atoms with van der Waals surface area (Å²) in [5.41, 5.74) is 1.22. The van der Waals surface area contributed by atoms with Crippen LogP contribution in [0.15, 0.2) is 22.7 Å². The molecule has 1 N–H and O–H groups in total. The first-order valence-electron chi connectivity index (χ1n) is 7.46. The Kier molecular flexibility index (Phi) is 10.5. The molecule has 0 aliphatic rings. The molecule has 120 valence electrons. The Morgan fingerprint density at radius 2 is 2.00 bits per heavy atom. The van der Waals surface area contributed by atoms with Gasteiger partial charge in [0, 0.05) is 31.2 Å². The molecule has 1 aromatic carbocycles. The molecule has 0 unspecified atom stereocenters. The topological polar surface area (TPSA) is 39.7 Å². The molecule has 0 saturated carbocycles. The lowest BCUT2D eigenvalue weighted by Crippen LogP contribution is -2.14. The second kappa shape index (κ2) is 12.0. The highest BCUT2D eigenvalue weighted by molar-refractivity contribution is 9.10. The molecule has 0 radical (unpaired) electrons.